The van der Waals surface area contributed by atoms with E-state index in [0.717, 1.165) is 49.4 Å². The van der Waals surface area contributed by atoms with Crippen molar-refractivity contribution in [2.45, 2.75) is 31.7 Å². The van der Waals surface area contributed by atoms with Crippen molar-refractivity contribution in [2.75, 3.05) is 19.9 Å². The van der Waals surface area contributed by atoms with Crippen molar-refractivity contribution < 1.29 is 14.3 Å². The number of imidazole rings is 1. The summed E-state index contributed by atoms with van der Waals surface area (Å²) in [6, 6.07) is 6.24. The summed E-state index contributed by atoms with van der Waals surface area (Å²) in [4.78, 5) is 18.7. The van der Waals surface area contributed by atoms with E-state index in [1.54, 1.807) is 6.20 Å². The van der Waals surface area contributed by atoms with Gasteiger partial charge in [0, 0.05) is 31.9 Å². The molecule has 0 aliphatic carbocycles. The second-order valence-corrected chi connectivity index (χ2v) is 6.33. The van der Waals surface area contributed by atoms with Crippen LogP contribution < -0.4 is 9.47 Å². The standard InChI is InChI=1S/C18H21N3O3/c22-18(6-4-14-3-5-16-17(10-14)24-13-23-16)20-8-1-2-15(11-20)21-9-7-19-12-21/h3,5,7,9-10,12,15H,1-2,4,6,8,11,13H2/t15-/m1/s1. The molecule has 0 spiro atoms. The van der Waals surface area contributed by atoms with Crippen LogP contribution in [-0.4, -0.2) is 40.2 Å². The molecule has 1 atom stereocenters. The molecule has 1 amide bonds. The fourth-order valence-electron chi connectivity index (χ4n) is 3.42. The molecule has 6 nitrogen and oxygen atoms in total. The molecule has 0 bridgehead atoms. The Labute approximate surface area is 141 Å². The number of aryl methyl sites for hydroxylation is 1. The van der Waals surface area contributed by atoms with Crippen LogP contribution in [0.15, 0.2) is 36.9 Å². The van der Waals surface area contributed by atoms with Gasteiger partial charge in [0.15, 0.2) is 11.5 Å². The van der Waals surface area contributed by atoms with E-state index in [1.807, 2.05) is 35.6 Å². The lowest BCUT2D eigenvalue weighted by atomic mass is 10.0. The van der Waals surface area contributed by atoms with Gasteiger partial charge in [-0.1, -0.05) is 6.07 Å². The Morgan fingerprint density at radius 3 is 3.08 bits per heavy atom. The van der Waals surface area contributed by atoms with Crippen LogP contribution in [0.4, 0.5) is 0 Å². The normalized spacial score (nSPS) is 19.5. The molecule has 24 heavy (non-hydrogen) atoms. The number of benzene rings is 1. The van der Waals surface area contributed by atoms with Crippen LogP contribution >= 0.6 is 0 Å². The first-order valence-corrected chi connectivity index (χ1v) is 8.43. The lowest BCUT2D eigenvalue weighted by molar-refractivity contribution is -0.132. The molecule has 0 saturated carbocycles. The summed E-state index contributed by atoms with van der Waals surface area (Å²) < 4.78 is 12.8. The predicted octanol–water partition coefficient (Wildman–Crippen LogP) is 2.41. The number of likely N-dealkylation sites (tertiary alicyclic amines) is 1. The molecule has 2 aliphatic rings. The Hall–Kier alpha value is -2.50. The number of ether oxygens (including phenoxy) is 2. The van der Waals surface area contributed by atoms with Crippen molar-refractivity contribution in [3.05, 3.63) is 42.5 Å². The fraction of sp³-hybridized carbons (Fsp3) is 0.444. The summed E-state index contributed by atoms with van der Waals surface area (Å²) in [5.41, 5.74) is 1.11. The van der Waals surface area contributed by atoms with E-state index in [0.29, 0.717) is 12.5 Å². The number of carbonyl (C=O) groups excluding carboxylic acids is 1. The van der Waals surface area contributed by atoms with Crippen molar-refractivity contribution in [1.82, 2.24) is 14.5 Å². The van der Waals surface area contributed by atoms with Crippen molar-refractivity contribution >= 4 is 5.91 Å². The number of nitrogens with zero attached hydrogens (tertiary/aromatic N) is 3. The van der Waals surface area contributed by atoms with Crippen molar-refractivity contribution in [1.29, 1.82) is 0 Å². The smallest absolute Gasteiger partial charge is 0.231 e. The van der Waals surface area contributed by atoms with E-state index >= 15 is 0 Å². The Kier molecular flexibility index (Phi) is 4.11. The van der Waals surface area contributed by atoms with Gasteiger partial charge in [-0.2, -0.15) is 0 Å². The number of piperidine rings is 1. The number of carbonyl (C=O) groups is 1. The largest absolute Gasteiger partial charge is 0.454 e. The molecule has 0 unspecified atom stereocenters. The van der Waals surface area contributed by atoms with E-state index in [9.17, 15) is 4.79 Å². The Morgan fingerprint density at radius 1 is 1.29 bits per heavy atom. The van der Waals surface area contributed by atoms with Crippen molar-refractivity contribution in [3.63, 3.8) is 0 Å². The Morgan fingerprint density at radius 2 is 2.21 bits per heavy atom. The molecule has 1 aromatic carbocycles. The maximum Gasteiger partial charge on any atom is 0.231 e. The Balaban J connectivity index is 1.34. The minimum Gasteiger partial charge on any atom is -0.454 e. The Bertz CT molecular complexity index is 714. The van der Waals surface area contributed by atoms with Gasteiger partial charge in [0.1, 0.15) is 0 Å². The fourth-order valence-corrected chi connectivity index (χ4v) is 3.42. The predicted molar refractivity (Wildman–Crippen MR) is 88.0 cm³/mol. The third-order valence-corrected chi connectivity index (χ3v) is 4.76. The van der Waals surface area contributed by atoms with Gasteiger partial charge in [0.05, 0.1) is 12.4 Å². The maximum atomic E-state index is 12.6. The summed E-state index contributed by atoms with van der Waals surface area (Å²) >= 11 is 0. The number of amides is 1. The zero-order valence-corrected chi connectivity index (χ0v) is 13.6. The highest BCUT2D eigenvalue weighted by molar-refractivity contribution is 5.76. The minimum absolute atomic E-state index is 0.220. The van der Waals surface area contributed by atoms with Crippen LogP contribution in [0.5, 0.6) is 11.5 Å². The topological polar surface area (TPSA) is 56.6 Å². The summed E-state index contributed by atoms with van der Waals surface area (Å²) in [5, 5.41) is 0. The molecule has 2 aromatic rings. The molecule has 1 aromatic heterocycles. The first-order chi connectivity index (χ1) is 11.8. The lowest BCUT2D eigenvalue weighted by Gasteiger charge is -2.33. The highest BCUT2D eigenvalue weighted by atomic mass is 16.7. The molecule has 1 saturated heterocycles. The monoisotopic (exact) mass is 327 g/mol. The molecule has 0 N–H and O–H groups in total. The first-order valence-electron chi connectivity index (χ1n) is 8.43. The van der Waals surface area contributed by atoms with Crippen LogP contribution in [0.1, 0.15) is 30.9 Å². The van der Waals surface area contributed by atoms with E-state index < -0.39 is 0 Å². The number of aromatic nitrogens is 2. The number of fused-ring (bicyclic) bond motifs is 1. The molecule has 126 valence electrons. The average Bonchev–Trinajstić information content (AvgIpc) is 3.30. The van der Waals surface area contributed by atoms with Crippen molar-refractivity contribution in [2.24, 2.45) is 0 Å². The van der Waals surface area contributed by atoms with Crippen molar-refractivity contribution in [3.8, 4) is 11.5 Å². The van der Waals surface area contributed by atoms with Gasteiger partial charge < -0.3 is 18.9 Å². The maximum absolute atomic E-state index is 12.6. The quantitative estimate of drug-likeness (QED) is 0.865. The van der Waals surface area contributed by atoms with E-state index in [-0.39, 0.29) is 12.7 Å². The third kappa shape index (κ3) is 3.09. The average molecular weight is 327 g/mol. The molecule has 1 fully saturated rings. The van der Waals surface area contributed by atoms with Crippen LogP contribution in [0.2, 0.25) is 0 Å². The number of hydrogen-bond acceptors (Lipinski definition) is 4. The van der Waals surface area contributed by atoms with Crippen LogP contribution in [0.3, 0.4) is 0 Å². The highest BCUT2D eigenvalue weighted by Crippen LogP contribution is 2.32. The van der Waals surface area contributed by atoms with Gasteiger partial charge in [-0.3, -0.25) is 4.79 Å². The van der Waals surface area contributed by atoms with Gasteiger partial charge in [-0.25, -0.2) is 4.98 Å². The molecular formula is C18H21N3O3. The highest BCUT2D eigenvalue weighted by Gasteiger charge is 2.24. The molecule has 6 heteroatoms. The molecule has 0 radical (unpaired) electrons. The van der Waals surface area contributed by atoms with Gasteiger partial charge in [0.2, 0.25) is 12.7 Å². The third-order valence-electron chi connectivity index (χ3n) is 4.76. The van der Waals surface area contributed by atoms with E-state index in [4.69, 9.17) is 9.47 Å². The lowest BCUT2D eigenvalue weighted by Crippen LogP contribution is -2.40. The molecule has 2 aliphatic heterocycles. The number of rotatable bonds is 4. The SMILES string of the molecule is O=C(CCc1ccc2c(c1)OCO2)N1CCC[C@@H](n2ccnc2)C1. The number of hydrogen-bond donors (Lipinski definition) is 0. The van der Waals surface area contributed by atoms with Gasteiger partial charge >= 0.3 is 0 Å². The summed E-state index contributed by atoms with van der Waals surface area (Å²) in [6.07, 6.45) is 9.00. The molecule has 3 heterocycles. The second kappa shape index (κ2) is 6.55. The summed E-state index contributed by atoms with van der Waals surface area (Å²) in [5.74, 6) is 1.78. The van der Waals surface area contributed by atoms with E-state index in [1.165, 1.54) is 0 Å². The second-order valence-electron chi connectivity index (χ2n) is 6.33. The van der Waals surface area contributed by atoms with Gasteiger partial charge in [-0.05, 0) is 37.0 Å². The van der Waals surface area contributed by atoms with Crippen LogP contribution in [-0.2, 0) is 11.2 Å². The van der Waals surface area contributed by atoms with Gasteiger partial charge in [0.25, 0.3) is 0 Å². The summed E-state index contributed by atoms with van der Waals surface area (Å²) in [7, 11) is 0. The minimum atomic E-state index is 0.220. The zero-order valence-electron chi connectivity index (χ0n) is 13.6. The van der Waals surface area contributed by atoms with E-state index in [2.05, 4.69) is 9.55 Å². The van der Waals surface area contributed by atoms with Crippen LogP contribution in [0, 0.1) is 0 Å². The molecular weight excluding hydrogens is 306 g/mol. The molecule has 4 rings (SSSR count). The summed E-state index contributed by atoms with van der Waals surface area (Å²) in [6.45, 7) is 1.91. The first kappa shape index (κ1) is 15.1. The zero-order chi connectivity index (χ0) is 16.4. The van der Waals surface area contributed by atoms with Crippen LogP contribution in [0.25, 0.3) is 0 Å². The van der Waals surface area contributed by atoms with Gasteiger partial charge in [-0.15, -0.1) is 0 Å².